The summed E-state index contributed by atoms with van der Waals surface area (Å²) in [6.07, 6.45) is 6.07. The van der Waals surface area contributed by atoms with Crippen LogP contribution in [0.2, 0.25) is 0 Å². The highest BCUT2D eigenvalue weighted by molar-refractivity contribution is 9.10. The average molecular weight is 290 g/mol. The third kappa shape index (κ3) is 2.00. The van der Waals surface area contributed by atoms with Gasteiger partial charge in [0.15, 0.2) is 0 Å². The van der Waals surface area contributed by atoms with Gasteiger partial charge in [-0.2, -0.15) is 5.10 Å². The van der Waals surface area contributed by atoms with Crippen LogP contribution in [-0.2, 0) is 13.6 Å². The summed E-state index contributed by atoms with van der Waals surface area (Å²) < 4.78 is 5.17. The molecule has 2 aromatic heterocycles. The number of rotatable bonds is 2. The van der Waals surface area contributed by atoms with E-state index in [0.717, 1.165) is 11.0 Å². The lowest BCUT2D eigenvalue weighted by Crippen LogP contribution is -1.96. The SMILES string of the molecule is Cn1cc(Cn2ccc3ccc(Br)cc32)cn1. The lowest BCUT2D eigenvalue weighted by molar-refractivity contribution is 0.764. The molecule has 0 N–H and O–H groups in total. The molecule has 1 aromatic carbocycles. The fourth-order valence-corrected chi connectivity index (χ4v) is 2.39. The summed E-state index contributed by atoms with van der Waals surface area (Å²) >= 11 is 3.51. The van der Waals surface area contributed by atoms with Gasteiger partial charge in [-0.15, -0.1) is 0 Å². The number of aryl methyl sites for hydroxylation is 1. The molecule has 0 radical (unpaired) electrons. The summed E-state index contributed by atoms with van der Waals surface area (Å²) in [5.41, 5.74) is 2.45. The second kappa shape index (κ2) is 4.04. The van der Waals surface area contributed by atoms with Crippen molar-refractivity contribution in [1.82, 2.24) is 14.3 Å². The predicted octanol–water partition coefficient (Wildman–Crippen LogP) is 3.19. The van der Waals surface area contributed by atoms with Crippen molar-refractivity contribution in [2.45, 2.75) is 6.54 Å². The third-order valence-corrected chi connectivity index (χ3v) is 3.34. The van der Waals surface area contributed by atoms with Gasteiger partial charge in [0, 0.05) is 35.0 Å². The summed E-state index contributed by atoms with van der Waals surface area (Å²) in [4.78, 5) is 0. The number of nitrogens with zero attached hydrogens (tertiary/aromatic N) is 3. The number of hydrogen-bond donors (Lipinski definition) is 0. The number of hydrogen-bond acceptors (Lipinski definition) is 1. The van der Waals surface area contributed by atoms with Gasteiger partial charge in [0.25, 0.3) is 0 Å². The Kier molecular flexibility index (Phi) is 2.52. The third-order valence-electron chi connectivity index (χ3n) is 2.85. The van der Waals surface area contributed by atoms with Crippen LogP contribution in [0, 0.1) is 0 Å². The van der Waals surface area contributed by atoms with E-state index in [0.29, 0.717) is 0 Å². The summed E-state index contributed by atoms with van der Waals surface area (Å²) in [6, 6.07) is 8.47. The molecule has 3 rings (SSSR count). The highest BCUT2D eigenvalue weighted by Gasteiger charge is 2.03. The quantitative estimate of drug-likeness (QED) is 0.710. The van der Waals surface area contributed by atoms with E-state index in [-0.39, 0.29) is 0 Å². The zero-order valence-corrected chi connectivity index (χ0v) is 11.1. The van der Waals surface area contributed by atoms with Crippen LogP contribution < -0.4 is 0 Å². The van der Waals surface area contributed by atoms with Gasteiger partial charge in [0.2, 0.25) is 0 Å². The summed E-state index contributed by atoms with van der Waals surface area (Å²) in [5, 5.41) is 5.45. The second-order valence-electron chi connectivity index (χ2n) is 4.17. The minimum atomic E-state index is 0.855. The van der Waals surface area contributed by atoms with Crippen LogP contribution in [0.5, 0.6) is 0 Å². The normalized spacial score (nSPS) is 11.2. The number of fused-ring (bicyclic) bond motifs is 1. The Morgan fingerprint density at radius 1 is 1.29 bits per heavy atom. The average Bonchev–Trinajstić information content (AvgIpc) is 2.87. The minimum Gasteiger partial charge on any atom is -0.343 e. The van der Waals surface area contributed by atoms with Gasteiger partial charge in [0.1, 0.15) is 0 Å². The largest absolute Gasteiger partial charge is 0.343 e. The van der Waals surface area contributed by atoms with Gasteiger partial charge >= 0.3 is 0 Å². The molecule has 4 heteroatoms. The van der Waals surface area contributed by atoms with Crippen molar-refractivity contribution >= 4 is 26.8 Å². The number of benzene rings is 1. The lowest BCUT2D eigenvalue weighted by atomic mass is 10.2. The fraction of sp³-hybridized carbons (Fsp3) is 0.154. The molecule has 0 spiro atoms. The van der Waals surface area contributed by atoms with Gasteiger partial charge in [-0.25, -0.2) is 0 Å². The van der Waals surface area contributed by atoms with Crippen molar-refractivity contribution in [2.24, 2.45) is 7.05 Å². The van der Waals surface area contributed by atoms with Crippen LogP contribution in [0.3, 0.4) is 0 Å². The van der Waals surface area contributed by atoms with E-state index in [4.69, 9.17) is 0 Å². The van der Waals surface area contributed by atoms with E-state index in [1.54, 1.807) is 0 Å². The molecule has 3 aromatic rings. The van der Waals surface area contributed by atoms with Crippen LogP contribution in [0.25, 0.3) is 10.9 Å². The van der Waals surface area contributed by atoms with Gasteiger partial charge in [-0.1, -0.05) is 22.0 Å². The van der Waals surface area contributed by atoms with Gasteiger partial charge in [0.05, 0.1) is 12.7 Å². The Bertz CT molecular complexity index is 666. The minimum absolute atomic E-state index is 0.855. The zero-order valence-electron chi connectivity index (χ0n) is 9.47. The van der Waals surface area contributed by atoms with Crippen molar-refractivity contribution in [1.29, 1.82) is 0 Å². The van der Waals surface area contributed by atoms with E-state index in [9.17, 15) is 0 Å². The van der Waals surface area contributed by atoms with Crippen molar-refractivity contribution in [3.8, 4) is 0 Å². The first-order valence-corrected chi connectivity index (χ1v) is 6.23. The van der Waals surface area contributed by atoms with Crippen LogP contribution in [0.4, 0.5) is 0 Å². The first-order chi connectivity index (χ1) is 8.22. The molecule has 0 saturated carbocycles. The number of halogens is 1. The molecule has 17 heavy (non-hydrogen) atoms. The molecule has 0 aliphatic heterocycles. The molecule has 0 amide bonds. The van der Waals surface area contributed by atoms with Crippen molar-refractivity contribution in [3.63, 3.8) is 0 Å². The highest BCUT2D eigenvalue weighted by Crippen LogP contribution is 2.21. The maximum Gasteiger partial charge on any atom is 0.0539 e. The highest BCUT2D eigenvalue weighted by atomic mass is 79.9. The van der Waals surface area contributed by atoms with E-state index in [2.05, 4.69) is 56.1 Å². The topological polar surface area (TPSA) is 22.8 Å². The zero-order chi connectivity index (χ0) is 11.8. The molecule has 0 atom stereocenters. The van der Waals surface area contributed by atoms with Crippen molar-refractivity contribution in [3.05, 3.63) is 52.9 Å². The van der Waals surface area contributed by atoms with Crippen LogP contribution in [0.15, 0.2) is 47.3 Å². The molecule has 2 heterocycles. The molecule has 86 valence electrons. The predicted molar refractivity (Wildman–Crippen MR) is 71.9 cm³/mol. The Labute approximate surface area is 108 Å². The first-order valence-electron chi connectivity index (χ1n) is 5.44. The van der Waals surface area contributed by atoms with Gasteiger partial charge in [-0.3, -0.25) is 4.68 Å². The Morgan fingerprint density at radius 3 is 2.94 bits per heavy atom. The standard InChI is InChI=1S/C13H12BrN3/c1-16-8-10(7-15-16)9-17-5-4-11-2-3-12(14)6-13(11)17/h2-8H,9H2,1H3. The van der Waals surface area contributed by atoms with E-state index in [1.165, 1.54) is 16.5 Å². The molecule has 0 saturated heterocycles. The molecule has 0 aliphatic carbocycles. The molecule has 0 fully saturated rings. The smallest absolute Gasteiger partial charge is 0.0539 e. The Morgan fingerprint density at radius 2 is 2.18 bits per heavy atom. The molecular formula is C13H12BrN3. The van der Waals surface area contributed by atoms with E-state index >= 15 is 0 Å². The Hall–Kier alpha value is -1.55. The maximum absolute atomic E-state index is 4.19. The molecular weight excluding hydrogens is 278 g/mol. The van der Waals surface area contributed by atoms with E-state index < -0.39 is 0 Å². The summed E-state index contributed by atoms with van der Waals surface area (Å²) in [5.74, 6) is 0. The van der Waals surface area contributed by atoms with Crippen LogP contribution in [0.1, 0.15) is 5.56 Å². The van der Waals surface area contributed by atoms with E-state index in [1.807, 2.05) is 24.1 Å². The number of aromatic nitrogens is 3. The van der Waals surface area contributed by atoms with Crippen molar-refractivity contribution in [2.75, 3.05) is 0 Å². The summed E-state index contributed by atoms with van der Waals surface area (Å²) in [6.45, 7) is 0.855. The van der Waals surface area contributed by atoms with Crippen molar-refractivity contribution < 1.29 is 0 Å². The second-order valence-corrected chi connectivity index (χ2v) is 5.08. The van der Waals surface area contributed by atoms with Crippen LogP contribution in [-0.4, -0.2) is 14.3 Å². The first kappa shape index (κ1) is 10.6. The molecule has 0 aliphatic rings. The van der Waals surface area contributed by atoms with Crippen LogP contribution >= 0.6 is 15.9 Å². The fourth-order valence-electron chi connectivity index (χ4n) is 2.05. The lowest BCUT2D eigenvalue weighted by Gasteiger charge is -2.03. The van der Waals surface area contributed by atoms with Gasteiger partial charge in [-0.05, 0) is 23.6 Å². The molecule has 0 unspecified atom stereocenters. The maximum atomic E-state index is 4.19. The Balaban J connectivity index is 2.03. The van der Waals surface area contributed by atoms with Gasteiger partial charge < -0.3 is 4.57 Å². The summed E-state index contributed by atoms with van der Waals surface area (Å²) in [7, 11) is 1.94. The molecule has 3 nitrogen and oxygen atoms in total. The monoisotopic (exact) mass is 289 g/mol. The molecule has 0 bridgehead atoms.